The van der Waals surface area contributed by atoms with Gasteiger partial charge in [0.1, 0.15) is 5.75 Å². The number of benzene rings is 2. The normalized spacial score (nSPS) is 10.7. The minimum Gasteiger partial charge on any atom is -0.504 e. The molecule has 0 aromatic heterocycles. The summed E-state index contributed by atoms with van der Waals surface area (Å²) in [7, 11) is 1.53. The Balaban J connectivity index is 2.13. The molecule has 4 N–H and O–H groups in total. The Morgan fingerprint density at radius 3 is 2.43 bits per heavy atom. The summed E-state index contributed by atoms with van der Waals surface area (Å²) in [6, 6.07) is 7.54. The SMILES string of the molecule is COc1cc(C)ccc1/C=N/NC(=O)c1cc(O)c(O)c(O)c1. The second kappa shape index (κ2) is 6.69. The van der Waals surface area contributed by atoms with Gasteiger partial charge in [0.15, 0.2) is 17.2 Å². The summed E-state index contributed by atoms with van der Waals surface area (Å²) in [5.74, 6) is -1.92. The van der Waals surface area contributed by atoms with Crippen molar-refractivity contribution in [3.8, 4) is 23.0 Å². The number of phenols is 3. The van der Waals surface area contributed by atoms with Gasteiger partial charge in [-0.3, -0.25) is 4.79 Å². The van der Waals surface area contributed by atoms with Crippen molar-refractivity contribution in [3.63, 3.8) is 0 Å². The molecule has 0 heterocycles. The first-order valence-electron chi connectivity index (χ1n) is 6.65. The van der Waals surface area contributed by atoms with E-state index < -0.39 is 23.2 Å². The van der Waals surface area contributed by atoms with Crippen LogP contribution in [0.3, 0.4) is 0 Å². The van der Waals surface area contributed by atoms with Crippen molar-refractivity contribution in [2.75, 3.05) is 7.11 Å². The molecule has 1 amide bonds. The number of hydrazone groups is 1. The molecule has 2 rings (SSSR count). The van der Waals surface area contributed by atoms with E-state index in [0.29, 0.717) is 11.3 Å². The molecule has 0 saturated heterocycles. The molecule has 0 saturated carbocycles. The Bertz CT molecular complexity index is 748. The van der Waals surface area contributed by atoms with E-state index >= 15 is 0 Å². The van der Waals surface area contributed by atoms with Crippen molar-refractivity contribution < 1.29 is 24.9 Å². The van der Waals surface area contributed by atoms with Gasteiger partial charge < -0.3 is 20.1 Å². The third-order valence-corrected chi connectivity index (χ3v) is 3.09. The lowest BCUT2D eigenvalue weighted by Crippen LogP contribution is -2.17. The smallest absolute Gasteiger partial charge is 0.271 e. The lowest BCUT2D eigenvalue weighted by Gasteiger charge is -2.06. The molecule has 120 valence electrons. The molecule has 7 heteroatoms. The number of amides is 1. The van der Waals surface area contributed by atoms with E-state index in [1.165, 1.54) is 13.3 Å². The number of methoxy groups -OCH3 is 1. The third-order valence-electron chi connectivity index (χ3n) is 3.09. The minimum absolute atomic E-state index is 0.0502. The predicted octanol–water partition coefficient (Wildman–Crippen LogP) is 1.88. The Morgan fingerprint density at radius 2 is 1.83 bits per heavy atom. The molecule has 0 radical (unpaired) electrons. The van der Waals surface area contributed by atoms with Crippen LogP contribution in [0.5, 0.6) is 23.0 Å². The molecular formula is C16H16N2O5. The van der Waals surface area contributed by atoms with Crippen LogP contribution in [0.1, 0.15) is 21.5 Å². The van der Waals surface area contributed by atoms with Crippen molar-refractivity contribution in [1.29, 1.82) is 0 Å². The highest BCUT2D eigenvalue weighted by atomic mass is 16.5. The summed E-state index contributed by atoms with van der Waals surface area (Å²) >= 11 is 0. The van der Waals surface area contributed by atoms with Gasteiger partial charge in [0.05, 0.1) is 13.3 Å². The van der Waals surface area contributed by atoms with Gasteiger partial charge in [-0.2, -0.15) is 5.10 Å². The van der Waals surface area contributed by atoms with E-state index in [1.54, 1.807) is 6.07 Å². The zero-order valence-electron chi connectivity index (χ0n) is 12.6. The van der Waals surface area contributed by atoms with Gasteiger partial charge in [0.2, 0.25) is 0 Å². The van der Waals surface area contributed by atoms with Crippen molar-refractivity contribution in [3.05, 3.63) is 47.0 Å². The van der Waals surface area contributed by atoms with Crippen LogP contribution in [0.2, 0.25) is 0 Å². The number of nitrogens with zero attached hydrogens (tertiary/aromatic N) is 1. The van der Waals surface area contributed by atoms with E-state index in [0.717, 1.165) is 17.7 Å². The fourth-order valence-corrected chi connectivity index (χ4v) is 1.89. The Hall–Kier alpha value is -3.22. The predicted molar refractivity (Wildman–Crippen MR) is 84.2 cm³/mol. The summed E-state index contributed by atoms with van der Waals surface area (Å²) in [4.78, 5) is 11.9. The van der Waals surface area contributed by atoms with Crippen LogP contribution in [0.25, 0.3) is 0 Å². The first-order chi connectivity index (χ1) is 10.9. The van der Waals surface area contributed by atoms with Crippen LogP contribution in [0.4, 0.5) is 0 Å². The van der Waals surface area contributed by atoms with Crippen molar-refractivity contribution in [1.82, 2.24) is 5.43 Å². The number of carbonyl (C=O) groups excluding carboxylic acids is 1. The molecule has 23 heavy (non-hydrogen) atoms. The van der Waals surface area contributed by atoms with Gasteiger partial charge >= 0.3 is 0 Å². The van der Waals surface area contributed by atoms with Crippen LogP contribution in [-0.2, 0) is 0 Å². The topological polar surface area (TPSA) is 111 Å². The summed E-state index contributed by atoms with van der Waals surface area (Å²) in [6.07, 6.45) is 1.41. The average Bonchev–Trinajstić information content (AvgIpc) is 2.53. The van der Waals surface area contributed by atoms with Crippen LogP contribution < -0.4 is 10.2 Å². The van der Waals surface area contributed by atoms with Crippen molar-refractivity contribution in [2.24, 2.45) is 5.10 Å². The second-order valence-corrected chi connectivity index (χ2v) is 4.81. The molecule has 0 bridgehead atoms. The number of ether oxygens (including phenoxy) is 1. The van der Waals surface area contributed by atoms with Crippen LogP contribution >= 0.6 is 0 Å². The van der Waals surface area contributed by atoms with Crippen molar-refractivity contribution >= 4 is 12.1 Å². The molecule has 7 nitrogen and oxygen atoms in total. The van der Waals surface area contributed by atoms with Crippen LogP contribution in [0.15, 0.2) is 35.4 Å². The van der Waals surface area contributed by atoms with Crippen LogP contribution in [-0.4, -0.2) is 34.6 Å². The summed E-state index contributed by atoms with van der Waals surface area (Å²) in [5.41, 5.74) is 3.91. The number of carbonyl (C=O) groups is 1. The molecule has 0 aliphatic carbocycles. The number of aryl methyl sites for hydroxylation is 1. The second-order valence-electron chi connectivity index (χ2n) is 4.81. The fraction of sp³-hybridized carbons (Fsp3) is 0.125. The molecular weight excluding hydrogens is 300 g/mol. The quantitative estimate of drug-likeness (QED) is 0.391. The van der Waals surface area contributed by atoms with Gasteiger partial charge in [0, 0.05) is 11.1 Å². The number of hydrogen-bond donors (Lipinski definition) is 4. The molecule has 0 atom stereocenters. The highest BCUT2D eigenvalue weighted by Gasteiger charge is 2.13. The van der Waals surface area contributed by atoms with E-state index in [4.69, 9.17) is 4.74 Å². The van der Waals surface area contributed by atoms with Gasteiger partial charge in [0.25, 0.3) is 5.91 Å². The highest BCUT2D eigenvalue weighted by Crippen LogP contribution is 2.35. The fourth-order valence-electron chi connectivity index (χ4n) is 1.89. The standard InChI is InChI=1S/C16H16N2O5/c1-9-3-4-10(14(5-9)23-2)8-17-18-16(22)11-6-12(19)15(21)13(20)7-11/h3-8,19-21H,1-2H3,(H,18,22)/b17-8+. The van der Waals surface area contributed by atoms with E-state index in [-0.39, 0.29) is 5.56 Å². The summed E-state index contributed by atoms with van der Waals surface area (Å²) < 4.78 is 5.22. The van der Waals surface area contributed by atoms with E-state index in [2.05, 4.69) is 10.5 Å². The molecule has 2 aromatic rings. The maximum atomic E-state index is 11.9. The molecule has 0 unspecified atom stereocenters. The maximum Gasteiger partial charge on any atom is 0.271 e. The third kappa shape index (κ3) is 3.70. The number of aromatic hydroxyl groups is 3. The molecule has 0 fully saturated rings. The Kier molecular flexibility index (Phi) is 4.70. The number of rotatable bonds is 4. The molecule has 0 aliphatic rings. The Morgan fingerprint density at radius 1 is 1.17 bits per heavy atom. The minimum atomic E-state index is -0.686. The summed E-state index contributed by atoms with van der Waals surface area (Å²) in [6.45, 7) is 1.93. The van der Waals surface area contributed by atoms with E-state index in [1.807, 2.05) is 19.1 Å². The molecule has 2 aromatic carbocycles. The first-order valence-corrected chi connectivity index (χ1v) is 6.65. The average molecular weight is 316 g/mol. The lowest BCUT2D eigenvalue weighted by atomic mass is 10.1. The van der Waals surface area contributed by atoms with Gasteiger partial charge in [-0.25, -0.2) is 5.43 Å². The van der Waals surface area contributed by atoms with Gasteiger partial charge in [-0.05, 0) is 36.8 Å². The van der Waals surface area contributed by atoms with Crippen LogP contribution in [0, 0.1) is 6.92 Å². The molecule has 0 spiro atoms. The summed E-state index contributed by atoms with van der Waals surface area (Å²) in [5, 5.41) is 31.8. The number of phenolic OH excluding ortho intramolecular Hbond substituents is 3. The maximum absolute atomic E-state index is 11.9. The lowest BCUT2D eigenvalue weighted by molar-refractivity contribution is 0.0954. The van der Waals surface area contributed by atoms with Gasteiger partial charge in [-0.15, -0.1) is 0 Å². The number of nitrogens with one attached hydrogen (secondary N) is 1. The molecule has 0 aliphatic heterocycles. The largest absolute Gasteiger partial charge is 0.504 e. The zero-order valence-corrected chi connectivity index (χ0v) is 12.6. The zero-order chi connectivity index (χ0) is 17.0. The first kappa shape index (κ1) is 16.2. The van der Waals surface area contributed by atoms with E-state index in [9.17, 15) is 20.1 Å². The monoisotopic (exact) mass is 316 g/mol. The highest BCUT2D eigenvalue weighted by molar-refractivity contribution is 5.96. The number of hydrogen-bond acceptors (Lipinski definition) is 6. The Labute approximate surface area is 132 Å². The van der Waals surface area contributed by atoms with Gasteiger partial charge in [-0.1, -0.05) is 6.07 Å². The van der Waals surface area contributed by atoms with Crippen molar-refractivity contribution in [2.45, 2.75) is 6.92 Å².